The van der Waals surface area contributed by atoms with E-state index in [-0.39, 0.29) is 0 Å². The molecule has 0 spiro atoms. The van der Waals surface area contributed by atoms with E-state index in [0.717, 1.165) is 41.1 Å². The molecule has 0 saturated carbocycles. The fraction of sp³-hybridized carbons (Fsp3) is 0.211. The third-order valence-electron chi connectivity index (χ3n) is 4.44. The maximum atomic E-state index is 12.2. The lowest BCUT2D eigenvalue weighted by molar-refractivity contribution is 0.425. The highest BCUT2D eigenvalue weighted by atomic mass is 16.2. The van der Waals surface area contributed by atoms with Crippen molar-refractivity contribution in [1.29, 1.82) is 0 Å². The molecule has 0 bridgehead atoms. The minimum absolute atomic E-state index is 0.403. The number of anilines is 1. The smallest absolute Gasteiger partial charge is 0.326 e. The van der Waals surface area contributed by atoms with Crippen LogP contribution in [-0.4, -0.2) is 52.0 Å². The molecule has 27 heavy (non-hydrogen) atoms. The highest BCUT2D eigenvalue weighted by Crippen LogP contribution is 2.30. The van der Waals surface area contributed by atoms with Gasteiger partial charge < -0.3 is 20.2 Å². The summed E-state index contributed by atoms with van der Waals surface area (Å²) in [5.41, 5.74) is 2.21. The first kappa shape index (κ1) is 17.0. The van der Waals surface area contributed by atoms with Crippen LogP contribution in [0.4, 0.5) is 5.82 Å². The van der Waals surface area contributed by atoms with Crippen LogP contribution in [0.3, 0.4) is 0 Å². The van der Waals surface area contributed by atoms with Gasteiger partial charge in [-0.2, -0.15) is 0 Å². The summed E-state index contributed by atoms with van der Waals surface area (Å²) in [4.78, 5) is 38.4. The maximum Gasteiger partial charge on any atom is 0.326 e. The zero-order valence-electron chi connectivity index (χ0n) is 15.1. The zero-order chi connectivity index (χ0) is 19.0. The van der Waals surface area contributed by atoms with E-state index in [1.54, 1.807) is 12.1 Å². The first-order valence-electron chi connectivity index (χ1n) is 8.65. The molecule has 0 unspecified atom stereocenters. The number of aromatic nitrogens is 4. The van der Waals surface area contributed by atoms with Crippen LogP contribution < -0.4 is 16.6 Å². The molecule has 0 atom stereocenters. The van der Waals surface area contributed by atoms with Gasteiger partial charge in [0, 0.05) is 24.7 Å². The molecule has 4 aromatic rings. The van der Waals surface area contributed by atoms with E-state index < -0.39 is 11.2 Å². The van der Waals surface area contributed by atoms with Crippen molar-refractivity contribution in [2.75, 3.05) is 32.5 Å². The Morgan fingerprint density at radius 2 is 1.93 bits per heavy atom. The number of H-pyrrole nitrogens is 3. The largest absolute Gasteiger partial charge is 0.369 e. The second-order valence-electron chi connectivity index (χ2n) is 6.69. The summed E-state index contributed by atoms with van der Waals surface area (Å²) in [5, 5.41) is 4.74. The van der Waals surface area contributed by atoms with E-state index in [2.05, 4.69) is 30.2 Å². The number of nitrogens with one attached hydrogen (secondary N) is 4. The number of hydrogen-bond donors (Lipinski definition) is 4. The molecule has 1 aromatic carbocycles. The molecule has 0 aliphatic rings. The average molecular weight is 364 g/mol. The lowest BCUT2D eigenvalue weighted by atomic mass is 10.0. The second-order valence-corrected chi connectivity index (χ2v) is 6.69. The third kappa shape index (κ3) is 3.34. The Bertz CT molecular complexity index is 1230. The van der Waals surface area contributed by atoms with Gasteiger partial charge in [0.2, 0.25) is 0 Å². The predicted octanol–water partition coefficient (Wildman–Crippen LogP) is 1.73. The number of benzene rings is 1. The summed E-state index contributed by atoms with van der Waals surface area (Å²) in [6, 6.07) is 9.37. The molecule has 3 aromatic heterocycles. The number of likely N-dealkylation sites (N-methyl/N-ethyl adjacent to an activating group) is 1. The first-order chi connectivity index (χ1) is 13.0. The quantitative estimate of drug-likeness (QED) is 0.431. The Labute approximate surface area is 154 Å². The molecule has 0 aliphatic heterocycles. The van der Waals surface area contributed by atoms with Crippen LogP contribution in [-0.2, 0) is 0 Å². The maximum absolute atomic E-state index is 12.2. The van der Waals surface area contributed by atoms with Crippen molar-refractivity contribution < 1.29 is 0 Å². The summed E-state index contributed by atoms with van der Waals surface area (Å²) in [6.45, 7) is 1.66. The Morgan fingerprint density at radius 3 is 2.74 bits per heavy atom. The molecule has 0 amide bonds. The highest BCUT2D eigenvalue weighted by Gasteiger charge is 2.11. The summed E-state index contributed by atoms with van der Waals surface area (Å²) in [7, 11) is 4.04. The molecular formula is C19H20N6O2. The topological polar surface area (TPSA) is 110 Å². The number of hydrogen-bond acceptors (Lipinski definition) is 5. The molecule has 0 fully saturated rings. The van der Waals surface area contributed by atoms with Crippen LogP contribution in [0.5, 0.6) is 0 Å². The van der Waals surface area contributed by atoms with Crippen molar-refractivity contribution in [2.24, 2.45) is 0 Å². The van der Waals surface area contributed by atoms with Gasteiger partial charge in [-0.05, 0) is 49.5 Å². The molecule has 0 aliphatic carbocycles. The summed E-state index contributed by atoms with van der Waals surface area (Å²) < 4.78 is 0. The van der Waals surface area contributed by atoms with Crippen LogP contribution >= 0.6 is 0 Å². The zero-order valence-corrected chi connectivity index (χ0v) is 15.1. The summed E-state index contributed by atoms with van der Waals surface area (Å²) in [5.74, 6) is 0.761. The van der Waals surface area contributed by atoms with Gasteiger partial charge in [-0.15, -0.1) is 0 Å². The molecule has 8 heteroatoms. The van der Waals surface area contributed by atoms with Gasteiger partial charge >= 0.3 is 5.69 Å². The molecule has 8 nitrogen and oxygen atoms in total. The van der Waals surface area contributed by atoms with Crippen LogP contribution in [0.15, 0.2) is 46.1 Å². The van der Waals surface area contributed by atoms with E-state index in [9.17, 15) is 9.59 Å². The molecule has 138 valence electrons. The van der Waals surface area contributed by atoms with Crippen LogP contribution in [0, 0.1) is 0 Å². The SMILES string of the molecule is CN(C)CCNc1cc(-c2ccc3[nH]c(=O)[nH]c(=O)c3c2)c2cc[nH]c2n1. The minimum Gasteiger partial charge on any atom is -0.369 e. The lowest BCUT2D eigenvalue weighted by Gasteiger charge is -2.12. The van der Waals surface area contributed by atoms with Gasteiger partial charge in [-0.3, -0.25) is 9.78 Å². The third-order valence-corrected chi connectivity index (χ3v) is 4.44. The van der Waals surface area contributed by atoms with Crippen molar-refractivity contribution in [2.45, 2.75) is 0 Å². The number of aromatic amines is 3. The molecule has 3 heterocycles. The normalized spacial score (nSPS) is 11.5. The van der Waals surface area contributed by atoms with Gasteiger partial charge in [-0.25, -0.2) is 9.78 Å². The Morgan fingerprint density at radius 1 is 1.07 bits per heavy atom. The molecule has 0 saturated heterocycles. The lowest BCUT2D eigenvalue weighted by Crippen LogP contribution is -2.21. The van der Waals surface area contributed by atoms with E-state index in [1.807, 2.05) is 38.5 Å². The van der Waals surface area contributed by atoms with Crippen LogP contribution in [0.1, 0.15) is 0 Å². The van der Waals surface area contributed by atoms with Crippen LogP contribution in [0.25, 0.3) is 33.1 Å². The standard InChI is InChI=1S/C19H20N6O2/c1-25(2)8-7-20-16-10-13(12-5-6-21-17(12)23-16)11-3-4-15-14(9-11)18(26)24-19(27)22-15/h3-6,9-10H,7-8H2,1-2H3,(H2,20,21,23)(H2,22,24,26,27). The van der Waals surface area contributed by atoms with Gasteiger partial charge in [0.15, 0.2) is 0 Å². The molecule has 4 N–H and O–H groups in total. The second kappa shape index (κ2) is 6.73. The van der Waals surface area contributed by atoms with E-state index in [4.69, 9.17) is 0 Å². The van der Waals surface area contributed by atoms with Gasteiger partial charge in [0.05, 0.1) is 10.9 Å². The number of nitrogens with zero attached hydrogens (tertiary/aromatic N) is 2. The van der Waals surface area contributed by atoms with Crippen molar-refractivity contribution in [3.63, 3.8) is 0 Å². The van der Waals surface area contributed by atoms with E-state index in [0.29, 0.717) is 10.9 Å². The first-order valence-corrected chi connectivity index (χ1v) is 8.65. The summed E-state index contributed by atoms with van der Waals surface area (Å²) >= 11 is 0. The Kier molecular flexibility index (Phi) is 4.25. The van der Waals surface area contributed by atoms with Crippen molar-refractivity contribution in [3.8, 4) is 11.1 Å². The van der Waals surface area contributed by atoms with Crippen molar-refractivity contribution >= 4 is 27.8 Å². The molecule has 4 rings (SSSR count). The molecule has 0 radical (unpaired) electrons. The fourth-order valence-electron chi connectivity index (χ4n) is 3.11. The van der Waals surface area contributed by atoms with Crippen molar-refractivity contribution in [1.82, 2.24) is 24.8 Å². The fourth-order valence-corrected chi connectivity index (χ4v) is 3.11. The Hall–Kier alpha value is -3.39. The predicted molar refractivity (Wildman–Crippen MR) is 107 cm³/mol. The summed E-state index contributed by atoms with van der Waals surface area (Å²) in [6.07, 6.45) is 1.84. The van der Waals surface area contributed by atoms with Crippen LogP contribution in [0.2, 0.25) is 0 Å². The number of fused-ring (bicyclic) bond motifs is 2. The minimum atomic E-state index is -0.510. The van der Waals surface area contributed by atoms with Crippen molar-refractivity contribution in [3.05, 3.63) is 57.4 Å². The number of pyridine rings is 1. The van der Waals surface area contributed by atoms with E-state index in [1.165, 1.54) is 0 Å². The highest BCUT2D eigenvalue weighted by molar-refractivity contribution is 5.97. The monoisotopic (exact) mass is 364 g/mol. The Balaban J connectivity index is 1.82. The number of rotatable bonds is 5. The average Bonchev–Trinajstić information content (AvgIpc) is 3.09. The van der Waals surface area contributed by atoms with Gasteiger partial charge in [0.25, 0.3) is 5.56 Å². The molecular weight excluding hydrogens is 344 g/mol. The van der Waals surface area contributed by atoms with E-state index >= 15 is 0 Å². The van der Waals surface area contributed by atoms with Gasteiger partial charge in [-0.1, -0.05) is 6.07 Å². The van der Waals surface area contributed by atoms with Gasteiger partial charge in [0.1, 0.15) is 11.5 Å².